The minimum atomic E-state index is -0.0203. The second kappa shape index (κ2) is 5.79. The van der Waals surface area contributed by atoms with E-state index in [1.54, 1.807) is 30.4 Å². The lowest BCUT2D eigenvalue weighted by molar-refractivity contribution is 0.104. The first-order valence-corrected chi connectivity index (χ1v) is 5.98. The van der Waals surface area contributed by atoms with E-state index in [4.69, 9.17) is 5.26 Å². The number of carbonyl (C=O) groups excluding carboxylic acids is 1. The van der Waals surface area contributed by atoms with Crippen LogP contribution < -0.4 is 0 Å². The zero-order chi connectivity index (χ0) is 13.7. The van der Waals surface area contributed by atoms with Gasteiger partial charge in [0.2, 0.25) is 0 Å². The molecule has 0 spiro atoms. The highest BCUT2D eigenvalue weighted by molar-refractivity contribution is 6.06. The molecule has 92 valence electrons. The molecule has 0 saturated heterocycles. The van der Waals surface area contributed by atoms with Crippen LogP contribution in [-0.2, 0) is 0 Å². The van der Waals surface area contributed by atoms with E-state index in [0.29, 0.717) is 11.1 Å². The number of carbonyl (C=O) groups is 1. The summed E-state index contributed by atoms with van der Waals surface area (Å²) in [6.45, 7) is 1.96. The molecule has 0 heterocycles. The summed E-state index contributed by atoms with van der Waals surface area (Å²) in [4.78, 5) is 12.0. The van der Waals surface area contributed by atoms with Crippen molar-refractivity contribution in [3.8, 4) is 6.07 Å². The van der Waals surface area contributed by atoms with Crippen LogP contribution in [0.2, 0.25) is 0 Å². The minimum absolute atomic E-state index is 0.0203. The highest BCUT2D eigenvalue weighted by Gasteiger charge is 2.01. The second-order valence-corrected chi connectivity index (χ2v) is 4.30. The third-order valence-electron chi connectivity index (χ3n) is 2.77. The second-order valence-electron chi connectivity index (χ2n) is 4.30. The van der Waals surface area contributed by atoms with E-state index in [-0.39, 0.29) is 5.78 Å². The predicted octanol–water partition coefficient (Wildman–Crippen LogP) is 3.76. The van der Waals surface area contributed by atoms with Gasteiger partial charge in [-0.1, -0.05) is 42.0 Å². The molecule has 2 nitrogen and oxygen atoms in total. The molecule has 0 bridgehead atoms. The van der Waals surface area contributed by atoms with Crippen LogP contribution in [0.5, 0.6) is 0 Å². The number of nitriles is 1. The van der Waals surface area contributed by atoms with Gasteiger partial charge in [-0.25, -0.2) is 0 Å². The fourth-order valence-corrected chi connectivity index (χ4v) is 1.74. The van der Waals surface area contributed by atoms with Crippen LogP contribution in [0.1, 0.15) is 27.0 Å². The van der Waals surface area contributed by atoms with Crippen molar-refractivity contribution in [2.75, 3.05) is 0 Å². The summed E-state index contributed by atoms with van der Waals surface area (Å²) < 4.78 is 0. The molecule has 0 radical (unpaired) electrons. The van der Waals surface area contributed by atoms with Gasteiger partial charge in [0.15, 0.2) is 5.78 Å². The van der Waals surface area contributed by atoms with E-state index < -0.39 is 0 Å². The molecule has 2 heteroatoms. The van der Waals surface area contributed by atoms with E-state index in [2.05, 4.69) is 6.07 Å². The first-order valence-electron chi connectivity index (χ1n) is 5.98. The molecule has 0 N–H and O–H groups in total. The molecule has 0 aliphatic heterocycles. The number of aryl methyl sites for hydroxylation is 1. The summed E-state index contributed by atoms with van der Waals surface area (Å²) in [6, 6.07) is 16.7. The molecular weight excluding hydrogens is 234 g/mol. The van der Waals surface area contributed by atoms with Crippen molar-refractivity contribution in [1.82, 2.24) is 0 Å². The van der Waals surface area contributed by atoms with Gasteiger partial charge in [0.25, 0.3) is 0 Å². The molecule has 0 atom stereocenters. The van der Waals surface area contributed by atoms with Crippen LogP contribution in [0.4, 0.5) is 0 Å². The van der Waals surface area contributed by atoms with Crippen LogP contribution in [0, 0.1) is 18.3 Å². The van der Waals surface area contributed by atoms with E-state index in [0.717, 1.165) is 11.1 Å². The molecule has 0 aliphatic rings. The largest absolute Gasteiger partial charge is 0.289 e. The van der Waals surface area contributed by atoms with Crippen molar-refractivity contribution < 1.29 is 4.79 Å². The summed E-state index contributed by atoms with van der Waals surface area (Å²) in [6.07, 6.45) is 3.31. The fourth-order valence-electron chi connectivity index (χ4n) is 1.74. The lowest BCUT2D eigenvalue weighted by atomic mass is 10.1. The third kappa shape index (κ3) is 3.40. The standard InChI is InChI=1S/C17H13NO/c1-13-3-2-4-16(11-13)17(19)10-9-14-5-7-15(12-18)8-6-14/h2-11H,1H3/b10-9+. The maximum atomic E-state index is 12.0. The lowest BCUT2D eigenvalue weighted by Gasteiger charge is -1.97. The Morgan fingerprint density at radius 2 is 1.89 bits per heavy atom. The number of hydrogen-bond acceptors (Lipinski definition) is 2. The van der Waals surface area contributed by atoms with Gasteiger partial charge >= 0.3 is 0 Å². The Bertz CT molecular complexity index is 660. The van der Waals surface area contributed by atoms with Crippen molar-refractivity contribution in [1.29, 1.82) is 5.26 Å². The van der Waals surface area contributed by atoms with Gasteiger partial charge in [0, 0.05) is 5.56 Å². The Morgan fingerprint density at radius 3 is 2.53 bits per heavy atom. The van der Waals surface area contributed by atoms with Crippen molar-refractivity contribution in [2.45, 2.75) is 6.92 Å². The first kappa shape index (κ1) is 12.8. The monoisotopic (exact) mass is 247 g/mol. The number of hydrogen-bond donors (Lipinski definition) is 0. The Kier molecular flexibility index (Phi) is 3.90. The maximum Gasteiger partial charge on any atom is 0.185 e. The van der Waals surface area contributed by atoms with Crippen molar-refractivity contribution in [3.63, 3.8) is 0 Å². The maximum absolute atomic E-state index is 12.0. The Balaban J connectivity index is 2.14. The lowest BCUT2D eigenvalue weighted by Crippen LogP contribution is -1.94. The fraction of sp³-hybridized carbons (Fsp3) is 0.0588. The van der Waals surface area contributed by atoms with E-state index in [1.807, 2.05) is 37.3 Å². The first-order chi connectivity index (χ1) is 9.19. The average molecular weight is 247 g/mol. The van der Waals surface area contributed by atoms with Gasteiger partial charge in [-0.2, -0.15) is 5.26 Å². The minimum Gasteiger partial charge on any atom is -0.289 e. The van der Waals surface area contributed by atoms with Crippen LogP contribution in [0.3, 0.4) is 0 Å². The van der Waals surface area contributed by atoms with E-state index in [9.17, 15) is 4.79 Å². The molecule has 0 fully saturated rings. The Labute approximate surface area is 112 Å². The van der Waals surface area contributed by atoms with Crippen LogP contribution in [-0.4, -0.2) is 5.78 Å². The van der Waals surface area contributed by atoms with Crippen LogP contribution >= 0.6 is 0 Å². The summed E-state index contributed by atoms with van der Waals surface area (Å²) >= 11 is 0. The molecule has 2 aromatic rings. The van der Waals surface area contributed by atoms with Gasteiger partial charge in [0.1, 0.15) is 0 Å². The number of allylic oxidation sites excluding steroid dienone is 1. The molecular formula is C17H13NO. The predicted molar refractivity (Wildman–Crippen MR) is 75.7 cm³/mol. The molecule has 0 unspecified atom stereocenters. The summed E-state index contributed by atoms with van der Waals surface area (Å²) in [7, 11) is 0. The smallest absolute Gasteiger partial charge is 0.185 e. The number of benzene rings is 2. The average Bonchev–Trinajstić information content (AvgIpc) is 2.45. The molecule has 0 saturated carbocycles. The molecule has 0 aromatic heterocycles. The van der Waals surface area contributed by atoms with Crippen LogP contribution in [0.15, 0.2) is 54.6 Å². The van der Waals surface area contributed by atoms with E-state index >= 15 is 0 Å². The van der Waals surface area contributed by atoms with Gasteiger partial charge in [-0.05, 0) is 36.8 Å². The number of rotatable bonds is 3. The van der Waals surface area contributed by atoms with Crippen molar-refractivity contribution >= 4 is 11.9 Å². The zero-order valence-electron chi connectivity index (χ0n) is 10.6. The topological polar surface area (TPSA) is 40.9 Å². The number of nitrogens with zero attached hydrogens (tertiary/aromatic N) is 1. The van der Waals surface area contributed by atoms with Gasteiger partial charge in [0.05, 0.1) is 11.6 Å². The highest BCUT2D eigenvalue weighted by atomic mass is 16.1. The third-order valence-corrected chi connectivity index (χ3v) is 2.77. The molecule has 0 aliphatic carbocycles. The SMILES string of the molecule is Cc1cccc(C(=O)/C=C/c2ccc(C#N)cc2)c1. The Hall–Kier alpha value is -2.66. The Morgan fingerprint density at radius 1 is 1.16 bits per heavy atom. The summed E-state index contributed by atoms with van der Waals surface area (Å²) in [5.74, 6) is -0.0203. The summed E-state index contributed by atoms with van der Waals surface area (Å²) in [5.41, 5.74) is 3.27. The normalized spacial score (nSPS) is 10.3. The zero-order valence-corrected chi connectivity index (χ0v) is 10.6. The van der Waals surface area contributed by atoms with Gasteiger partial charge in [-0.15, -0.1) is 0 Å². The summed E-state index contributed by atoms with van der Waals surface area (Å²) in [5, 5.41) is 8.70. The molecule has 19 heavy (non-hydrogen) atoms. The van der Waals surface area contributed by atoms with Crippen molar-refractivity contribution in [3.05, 3.63) is 76.9 Å². The molecule has 2 rings (SSSR count). The van der Waals surface area contributed by atoms with Gasteiger partial charge in [-0.3, -0.25) is 4.79 Å². The van der Waals surface area contributed by atoms with E-state index in [1.165, 1.54) is 0 Å². The number of ketones is 1. The quantitative estimate of drug-likeness (QED) is 0.612. The van der Waals surface area contributed by atoms with Gasteiger partial charge < -0.3 is 0 Å². The van der Waals surface area contributed by atoms with Crippen LogP contribution in [0.25, 0.3) is 6.08 Å². The van der Waals surface area contributed by atoms with Crippen molar-refractivity contribution in [2.24, 2.45) is 0 Å². The molecule has 2 aromatic carbocycles. The highest BCUT2D eigenvalue weighted by Crippen LogP contribution is 2.09. The molecule has 0 amide bonds.